The maximum absolute atomic E-state index is 6.08. The van der Waals surface area contributed by atoms with Crippen molar-refractivity contribution >= 4 is 16.9 Å². The van der Waals surface area contributed by atoms with Crippen molar-refractivity contribution < 1.29 is 0 Å². The van der Waals surface area contributed by atoms with Crippen molar-refractivity contribution in [3.63, 3.8) is 0 Å². The highest BCUT2D eigenvalue weighted by molar-refractivity contribution is 5.86. The fraction of sp³-hybridized carbons (Fsp3) is 0.375. The van der Waals surface area contributed by atoms with Gasteiger partial charge in [0.25, 0.3) is 0 Å². The van der Waals surface area contributed by atoms with Crippen LogP contribution >= 0.6 is 0 Å². The zero-order chi connectivity index (χ0) is 16.2. The first-order valence-corrected chi connectivity index (χ1v) is 7.84. The molecule has 0 aliphatic heterocycles. The van der Waals surface area contributed by atoms with Crippen molar-refractivity contribution in [2.24, 2.45) is 0 Å². The Morgan fingerprint density at radius 1 is 1.17 bits per heavy atom. The van der Waals surface area contributed by atoms with Crippen LogP contribution in [0.4, 0.5) is 5.82 Å². The number of rotatable bonds is 6. The van der Waals surface area contributed by atoms with Crippen molar-refractivity contribution in [1.29, 1.82) is 0 Å². The Hall–Kier alpha value is -2.54. The molecule has 0 saturated heterocycles. The first-order chi connectivity index (χ1) is 11.2. The molecule has 23 heavy (non-hydrogen) atoms. The summed E-state index contributed by atoms with van der Waals surface area (Å²) in [4.78, 5) is 15.5. The SMILES string of the molecule is CCN(CC)CCn1ncc2c(N)nc(-c3cccnc3)nc21. The van der Waals surface area contributed by atoms with Gasteiger partial charge in [-0.05, 0) is 25.2 Å². The molecule has 3 rings (SSSR count). The van der Waals surface area contributed by atoms with E-state index >= 15 is 0 Å². The van der Waals surface area contributed by atoms with Gasteiger partial charge >= 0.3 is 0 Å². The number of nitrogens with two attached hydrogens (primary N) is 1. The maximum Gasteiger partial charge on any atom is 0.165 e. The summed E-state index contributed by atoms with van der Waals surface area (Å²) < 4.78 is 1.89. The van der Waals surface area contributed by atoms with E-state index in [-0.39, 0.29) is 0 Å². The fourth-order valence-corrected chi connectivity index (χ4v) is 2.54. The highest BCUT2D eigenvalue weighted by Gasteiger charge is 2.12. The van der Waals surface area contributed by atoms with E-state index < -0.39 is 0 Å². The predicted octanol–water partition coefficient (Wildman–Crippen LogP) is 1.81. The van der Waals surface area contributed by atoms with Gasteiger partial charge < -0.3 is 10.6 Å². The number of hydrogen-bond acceptors (Lipinski definition) is 6. The third-order valence-electron chi connectivity index (χ3n) is 3.97. The van der Waals surface area contributed by atoms with Gasteiger partial charge in [-0.25, -0.2) is 14.6 Å². The van der Waals surface area contributed by atoms with Crippen LogP contribution in [0.15, 0.2) is 30.7 Å². The summed E-state index contributed by atoms with van der Waals surface area (Å²) in [5.41, 5.74) is 7.69. The van der Waals surface area contributed by atoms with Crippen molar-refractivity contribution in [3.05, 3.63) is 30.7 Å². The Kier molecular flexibility index (Phi) is 4.47. The summed E-state index contributed by atoms with van der Waals surface area (Å²) in [6, 6.07) is 3.78. The lowest BCUT2D eigenvalue weighted by Crippen LogP contribution is -2.27. The first kappa shape index (κ1) is 15.4. The maximum atomic E-state index is 6.08. The molecular formula is C16H21N7. The molecule has 7 heteroatoms. The smallest absolute Gasteiger partial charge is 0.165 e. The van der Waals surface area contributed by atoms with Crippen molar-refractivity contribution in [2.45, 2.75) is 20.4 Å². The molecule has 0 unspecified atom stereocenters. The van der Waals surface area contributed by atoms with E-state index in [9.17, 15) is 0 Å². The molecule has 120 valence electrons. The Bertz CT molecular complexity index is 778. The molecule has 0 aromatic carbocycles. The Morgan fingerprint density at radius 2 is 2.00 bits per heavy atom. The van der Waals surface area contributed by atoms with Crippen molar-refractivity contribution in [3.8, 4) is 11.4 Å². The van der Waals surface area contributed by atoms with Gasteiger partial charge in [0.1, 0.15) is 5.82 Å². The zero-order valence-electron chi connectivity index (χ0n) is 13.5. The fourth-order valence-electron chi connectivity index (χ4n) is 2.54. The molecule has 3 aromatic rings. The van der Waals surface area contributed by atoms with Crippen LogP contribution in [0.5, 0.6) is 0 Å². The minimum absolute atomic E-state index is 0.447. The summed E-state index contributed by atoms with van der Waals surface area (Å²) in [7, 11) is 0. The van der Waals surface area contributed by atoms with Gasteiger partial charge in [0.15, 0.2) is 11.5 Å². The quantitative estimate of drug-likeness (QED) is 0.747. The standard InChI is InChI=1S/C16H21N7/c1-3-22(4-2)8-9-23-16-13(11-19-23)14(17)20-15(21-16)12-6-5-7-18-10-12/h5-7,10-11H,3-4,8-9H2,1-2H3,(H2,17,20,21). The lowest BCUT2D eigenvalue weighted by Gasteiger charge is -2.17. The van der Waals surface area contributed by atoms with Crippen LogP contribution < -0.4 is 5.73 Å². The summed E-state index contributed by atoms with van der Waals surface area (Å²) >= 11 is 0. The van der Waals surface area contributed by atoms with Crippen LogP contribution in [0.3, 0.4) is 0 Å². The van der Waals surface area contributed by atoms with Crippen molar-refractivity contribution in [2.75, 3.05) is 25.4 Å². The molecule has 0 saturated carbocycles. The van der Waals surface area contributed by atoms with E-state index in [0.29, 0.717) is 11.6 Å². The normalized spacial score (nSPS) is 11.4. The molecule has 7 nitrogen and oxygen atoms in total. The van der Waals surface area contributed by atoms with E-state index in [1.807, 2.05) is 16.8 Å². The molecule has 0 amide bonds. The van der Waals surface area contributed by atoms with Gasteiger partial charge in [0.05, 0.1) is 18.1 Å². The van der Waals surface area contributed by atoms with E-state index in [1.54, 1.807) is 18.6 Å². The highest BCUT2D eigenvalue weighted by Crippen LogP contribution is 2.22. The van der Waals surface area contributed by atoms with Crippen LogP contribution in [0.1, 0.15) is 13.8 Å². The number of fused-ring (bicyclic) bond motifs is 1. The molecule has 3 aromatic heterocycles. The molecule has 3 heterocycles. The van der Waals surface area contributed by atoms with Gasteiger partial charge in [-0.2, -0.15) is 5.10 Å². The summed E-state index contributed by atoms with van der Waals surface area (Å²) in [5.74, 6) is 1.02. The molecule has 0 bridgehead atoms. The minimum Gasteiger partial charge on any atom is -0.383 e. The molecule has 0 aliphatic rings. The second-order valence-corrected chi connectivity index (χ2v) is 5.31. The molecule has 0 radical (unpaired) electrons. The second kappa shape index (κ2) is 6.70. The van der Waals surface area contributed by atoms with E-state index in [2.05, 4.69) is 38.8 Å². The predicted molar refractivity (Wildman–Crippen MR) is 90.8 cm³/mol. The van der Waals surface area contributed by atoms with Gasteiger partial charge in [-0.3, -0.25) is 4.98 Å². The Labute approximate surface area is 135 Å². The zero-order valence-corrected chi connectivity index (χ0v) is 13.5. The van der Waals surface area contributed by atoms with Gasteiger partial charge in [0.2, 0.25) is 0 Å². The second-order valence-electron chi connectivity index (χ2n) is 5.31. The van der Waals surface area contributed by atoms with Crippen LogP contribution in [-0.2, 0) is 6.54 Å². The third kappa shape index (κ3) is 3.14. The summed E-state index contributed by atoms with van der Waals surface area (Å²) in [6.45, 7) is 8.06. The average molecular weight is 311 g/mol. The van der Waals surface area contributed by atoms with Gasteiger partial charge in [-0.15, -0.1) is 0 Å². The minimum atomic E-state index is 0.447. The highest BCUT2D eigenvalue weighted by atomic mass is 15.3. The third-order valence-corrected chi connectivity index (χ3v) is 3.97. The Morgan fingerprint density at radius 3 is 2.70 bits per heavy atom. The van der Waals surface area contributed by atoms with Crippen LogP contribution in [-0.4, -0.2) is 49.3 Å². The average Bonchev–Trinajstić information content (AvgIpc) is 3.00. The largest absolute Gasteiger partial charge is 0.383 e. The van der Waals surface area contributed by atoms with E-state index in [0.717, 1.165) is 42.8 Å². The number of nitrogens with zero attached hydrogens (tertiary/aromatic N) is 6. The lowest BCUT2D eigenvalue weighted by atomic mass is 10.2. The van der Waals surface area contributed by atoms with Crippen LogP contribution in [0.2, 0.25) is 0 Å². The number of anilines is 1. The number of hydrogen-bond donors (Lipinski definition) is 1. The molecule has 0 aliphatic carbocycles. The number of nitrogen functional groups attached to an aromatic ring is 1. The molecule has 0 atom stereocenters. The Balaban J connectivity index is 1.96. The van der Waals surface area contributed by atoms with Crippen molar-refractivity contribution in [1.82, 2.24) is 29.6 Å². The van der Waals surface area contributed by atoms with Gasteiger partial charge in [0, 0.05) is 24.5 Å². The lowest BCUT2D eigenvalue weighted by molar-refractivity contribution is 0.287. The van der Waals surface area contributed by atoms with Crippen LogP contribution in [0, 0.1) is 0 Å². The molecule has 2 N–H and O–H groups in total. The van der Waals surface area contributed by atoms with E-state index in [1.165, 1.54) is 0 Å². The van der Waals surface area contributed by atoms with E-state index in [4.69, 9.17) is 5.73 Å². The molecule has 0 spiro atoms. The van der Waals surface area contributed by atoms with Crippen LogP contribution in [0.25, 0.3) is 22.4 Å². The topological polar surface area (TPSA) is 85.8 Å². The summed E-state index contributed by atoms with van der Waals surface area (Å²) in [6.07, 6.45) is 5.19. The summed E-state index contributed by atoms with van der Waals surface area (Å²) in [5, 5.41) is 5.21. The molecule has 0 fully saturated rings. The number of likely N-dealkylation sites (N-methyl/N-ethyl adjacent to an activating group) is 1. The molecular weight excluding hydrogens is 290 g/mol. The van der Waals surface area contributed by atoms with Gasteiger partial charge in [-0.1, -0.05) is 13.8 Å². The number of aromatic nitrogens is 5. The number of pyridine rings is 1. The monoisotopic (exact) mass is 311 g/mol. The first-order valence-electron chi connectivity index (χ1n) is 7.84.